The normalized spacial score (nSPS) is 14.5. The Kier molecular flexibility index (Phi) is 5.25. The highest BCUT2D eigenvalue weighted by Gasteiger charge is 2.30. The molecular weight excluding hydrogens is 346 g/mol. The Bertz CT molecular complexity index is 799. The average molecular weight is 365 g/mol. The molecule has 3 rings (SSSR count). The van der Waals surface area contributed by atoms with Crippen molar-refractivity contribution < 1.29 is 12.6 Å². The zero-order valence-corrected chi connectivity index (χ0v) is 14.8. The highest BCUT2D eigenvalue weighted by atomic mass is 32.2. The number of allylic oxidation sites excluding steroid dienone is 1. The summed E-state index contributed by atoms with van der Waals surface area (Å²) in [7, 11) is -3.63. The number of para-hydroxylation sites is 1. The van der Waals surface area contributed by atoms with Crippen LogP contribution in [0.25, 0.3) is 0 Å². The van der Waals surface area contributed by atoms with E-state index in [4.69, 9.17) is 4.18 Å². The summed E-state index contributed by atoms with van der Waals surface area (Å²) in [5.74, 6) is 2.05. The second-order valence-electron chi connectivity index (χ2n) is 5.52. The number of aromatic nitrogens is 3. The molecule has 1 aromatic heterocycles. The molecule has 128 valence electrons. The lowest BCUT2D eigenvalue weighted by molar-refractivity contribution is 0.488. The first-order chi connectivity index (χ1) is 11.6. The van der Waals surface area contributed by atoms with Crippen LogP contribution in [0, 0.1) is 0 Å². The van der Waals surface area contributed by atoms with Gasteiger partial charge in [-0.05, 0) is 25.0 Å². The minimum Gasteiger partial charge on any atom is -0.382 e. The number of thioether (sulfide) groups is 1. The average Bonchev–Trinajstić information content (AvgIpc) is 3.32. The van der Waals surface area contributed by atoms with E-state index in [0.717, 1.165) is 23.8 Å². The number of hydrogen-bond acceptors (Lipinski definition) is 6. The standard InChI is InChI=1S/C16H19N3O3S2/c1-2-10-19-15(13-8-9-13)17-18-16(19)23-11-12-24(20,21)22-14-6-4-3-5-7-14/h2-7,13H,1,8-12H2. The molecule has 6 nitrogen and oxygen atoms in total. The van der Waals surface area contributed by atoms with Crippen LogP contribution in [-0.4, -0.2) is 34.7 Å². The molecule has 1 heterocycles. The van der Waals surface area contributed by atoms with Crippen molar-refractivity contribution in [3.63, 3.8) is 0 Å². The van der Waals surface area contributed by atoms with Crippen LogP contribution in [0.4, 0.5) is 0 Å². The molecule has 0 saturated heterocycles. The van der Waals surface area contributed by atoms with Gasteiger partial charge in [-0.25, -0.2) is 0 Å². The summed E-state index contributed by atoms with van der Waals surface area (Å²) in [6.45, 7) is 4.40. The van der Waals surface area contributed by atoms with E-state index in [9.17, 15) is 8.42 Å². The summed E-state index contributed by atoms with van der Waals surface area (Å²) in [6, 6.07) is 8.51. The minimum absolute atomic E-state index is 0.0910. The van der Waals surface area contributed by atoms with Crippen molar-refractivity contribution in [1.29, 1.82) is 0 Å². The highest BCUT2D eigenvalue weighted by Crippen LogP contribution is 2.40. The van der Waals surface area contributed by atoms with Gasteiger partial charge in [-0.2, -0.15) is 8.42 Å². The van der Waals surface area contributed by atoms with Gasteiger partial charge >= 0.3 is 10.1 Å². The lowest BCUT2D eigenvalue weighted by Gasteiger charge is -2.08. The number of rotatable bonds is 9. The topological polar surface area (TPSA) is 74.1 Å². The van der Waals surface area contributed by atoms with E-state index in [1.165, 1.54) is 11.8 Å². The zero-order chi connectivity index (χ0) is 17.0. The maximum Gasteiger partial charge on any atom is 0.310 e. The van der Waals surface area contributed by atoms with E-state index >= 15 is 0 Å². The lowest BCUT2D eigenvalue weighted by atomic mass is 10.3. The third kappa shape index (κ3) is 4.39. The first kappa shape index (κ1) is 17.0. The van der Waals surface area contributed by atoms with Gasteiger partial charge in [-0.15, -0.1) is 16.8 Å². The molecule has 8 heteroatoms. The van der Waals surface area contributed by atoms with Crippen LogP contribution in [0.5, 0.6) is 5.75 Å². The smallest absolute Gasteiger partial charge is 0.310 e. The highest BCUT2D eigenvalue weighted by molar-refractivity contribution is 8.00. The second-order valence-corrected chi connectivity index (χ2v) is 8.27. The first-order valence-corrected chi connectivity index (χ1v) is 10.3. The molecule has 2 aromatic rings. The molecule has 0 N–H and O–H groups in total. The molecule has 0 aliphatic heterocycles. The van der Waals surface area contributed by atoms with E-state index in [-0.39, 0.29) is 5.75 Å². The number of nitrogens with zero attached hydrogens (tertiary/aromatic N) is 3. The fraction of sp³-hybridized carbons (Fsp3) is 0.375. The van der Waals surface area contributed by atoms with Crippen LogP contribution < -0.4 is 4.18 Å². The molecule has 0 radical (unpaired) electrons. The molecule has 1 saturated carbocycles. The first-order valence-electron chi connectivity index (χ1n) is 7.73. The van der Waals surface area contributed by atoms with Gasteiger partial charge in [-0.1, -0.05) is 36.0 Å². The maximum absolute atomic E-state index is 12.0. The lowest BCUT2D eigenvalue weighted by Crippen LogP contribution is -2.15. The Morgan fingerprint density at radius 3 is 2.71 bits per heavy atom. The van der Waals surface area contributed by atoms with Gasteiger partial charge in [0.15, 0.2) is 5.16 Å². The molecular formula is C16H19N3O3S2. The Morgan fingerprint density at radius 1 is 1.29 bits per heavy atom. The Hall–Kier alpha value is -1.80. The Morgan fingerprint density at radius 2 is 2.04 bits per heavy atom. The SMILES string of the molecule is C=CCn1c(SCCS(=O)(=O)Oc2ccccc2)nnc1C1CC1. The van der Waals surface area contributed by atoms with Gasteiger partial charge in [0.05, 0.1) is 5.75 Å². The summed E-state index contributed by atoms with van der Waals surface area (Å²) in [4.78, 5) is 0. The molecule has 1 aliphatic rings. The monoisotopic (exact) mass is 365 g/mol. The van der Waals surface area contributed by atoms with E-state index in [2.05, 4.69) is 16.8 Å². The van der Waals surface area contributed by atoms with Crippen molar-refractivity contribution in [2.24, 2.45) is 0 Å². The zero-order valence-electron chi connectivity index (χ0n) is 13.2. The Balaban J connectivity index is 1.59. The van der Waals surface area contributed by atoms with Gasteiger partial charge in [0, 0.05) is 18.2 Å². The molecule has 0 amide bonds. The molecule has 1 aliphatic carbocycles. The quantitative estimate of drug-likeness (QED) is 0.386. The Labute approximate surface area is 146 Å². The van der Waals surface area contributed by atoms with Gasteiger partial charge in [0.2, 0.25) is 0 Å². The maximum atomic E-state index is 12.0. The largest absolute Gasteiger partial charge is 0.382 e. The summed E-state index contributed by atoms with van der Waals surface area (Å²) in [6.07, 6.45) is 4.08. The predicted octanol–water partition coefficient (Wildman–Crippen LogP) is 2.84. The van der Waals surface area contributed by atoms with Crippen LogP contribution in [0.2, 0.25) is 0 Å². The summed E-state index contributed by atoms with van der Waals surface area (Å²) in [5, 5.41) is 9.16. The van der Waals surface area contributed by atoms with E-state index in [0.29, 0.717) is 24.0 Å². The van der Waals surface area contributed by atoms with Crippen molar-refractivity contribution >= 4 is 21.9 Å². The van der Waals surface area contributed by atoms with Crippen molar-refractivity contribution in [2.45, 2.75) is 30.5 Å². The summed E-state index contributed by atoms with van der Waals surface area (Å²) < 4.78 is 31.1. The molecule has 1 aromatic carbocycles. The van der Waals surface area contributed by atoms with Crippen LogP contribution in [0.3, 0.4) is 0 Å². The third-order valence-electron chi connectivity index (χ3n) is 3.53. The van der Waals surface area contributed by atoms with Crippen LogP contribution in [-0.2, 0) is 16.7 Å². The molecule has 0 bridgehead atoms. The van der Waals surface area contributed by atoms with Gasteiger partial charge in [0.1, 0.15) is 11.6 Å². The fourth-order valence-corrected chi connectivity index (χ4v) is 4.49. The number of hydrogen-bond donors (Lipinski definition) is 0. The van der Waals surface area contributed by atoms with Gasteiger partial charge < -0.3 is 8.75 Å². The summed E-state index contributed by atoms with van der Waals surface area (Å²) >= 11 is 1.37. The minimum atomic E-state index is -3.63. The fourth-order valence-electron chi connectivity index (χ4n) is 2.25. The van der Waals surface area contributed by atoms with Crippen molar-refractivity contribution in [3.8, 4) is 5.75 Å². The van der Waals surface area contributed by atoms with Gasteiger partial charge in [-0.3, -0.25) is 0 Å². The van der Waals surface area contributed by atoms with Gasteiger partial charge in [0.25, 0.3) is 0 Å². The van der Waals surface area contributed by atoms with E-state index < -0.39 is 10.1 Å². The molecule has 0 unspecified atom stereocenters. The molecule has 0 spiro atoms. The third-order valence-corrected chi connectivity index (χ3v) is 5.91. The van der Waals surface area contributed by atoms with Crippen molar-refractivity contribution in [1.82, 2.24) is 14.8 Å². The van der Waals surface area contributed by atoms with E-state index in [1.54, 1.807) is 36.4 Å². The molecule has 24 heavy (non-hydrogen) atoms. The van der Waals surface area contributed by atoms with Crippen LogP contribution >= 0.6 is 11.8 Å². The molecule has 0 atom stereocenters. The van der Waals surface area contributed by atoms with Crippen LogP contribution in [0.1, 0.15) is 24.6 Å². The summed E-state index contributed by atoms with van der Waals surface area (Å²) in [5.41, 5.74) is 0. The molecule has 1 fully saturated rings. The number of benzene rings is 1. The predicted molar refractivity (Wildman–Crippen MR) is 93.8 cm³/mol. The van der Waals surface area contributed by atoms with E-state index in [1.807, 2.05) is 4.57 Å². The second kappa shape index (κ2) is 7.40. The van der Waals surface area contributed by atoms with Crippen LogP contribution in [0.15, 0.2) is 48.1 Å². The van der Waals surface area contributed by atoms with Crippen molar-refractivity contribution in [3.05, 3.63) is 48.8 Å². The van der Waals surface area contributed by atoms with Crippen molar-refractivity contribution in [2.75, 3.05) is 11.5 Å².